The smallest absolute Gasteiger partial charge is 0.262 e. The molecule has 3 rings (SSSR count). The second-order valence-electron chi connectivity index (χ2n) is 4.93. The highest BCUT2D eigenvalue weighted by atomic mass is 16.5. The zero-order valence-electron chi connectivity index (χ0n) is 11.6. The molecule has 21 heavy (non-hydrogen) atoms. The van der Waals surface area contributed by atoms with Crippen LogP contribution < -0.4 is 21.1 Å². The summed E-state index contributed by atoms with van der Waals surface area (Å²) in [6.07, 6.45) is 3.58. The molecule has 0 spiro atoms. The van der Waals surface area contributed by atoms with Crippen molar-refractivity contribution in [3.63, 3.8) is 0 Å². The quantitative estimate of drug-likeness (QED) is 0.749. The van der Waals surface area contributed by atoms with Gasteiger partial charge in [0.1, 0.15) is 5.75 Å². The Morgan fingerprint density at radius 2 is 2.33 bits per heavy atom. The summed E-state index contributed by atoms with van der Waals surface area (Å²) in [5.74, 6) is 0.427. The molecule has 0 atom stereocenters. The molecule has 1 aromatic heterocycles. The molecule has 6 heteroatoms. The van der Waals surface area contributed by atoms with Gasteiger partial charge in [-0.1, -0.05) is 0 Å². The zero-order chi connectivity index (χ0) is 14.8. The van der Waals surface area contributed by atoms with Gasteiger partial charge in [0.15, 0.2) is 6.61 Å². The first-order valence-electron chi connectivity index (χ1n) is 6.63. The average molecular weight is 284 g/mol. The molecule has 2 heterocycles. The summed E-state index contributed by atoms with van der Waals surface area (Å²) in [6, 6.07) is 5.46. The number of rotatable bonds is 3. The lowest BCUT2D eigenvalue weighted by molar-refractivity contribution is -0.118. The number of hydrogen-bond acceptors (Lipinski definition) is 5. The Bertz CT molecular complexity index is 700. The van der Waals surface area contributed by atoms with Crippen LogP contribution in [0, 0.1) is 6.92 Å². The van der Waals surface area contributed by atoms with E-state index in [1.807, 2.05) is 19.2 Å². The van der Waals surface area contributed by atoms with Crippen molar-refractivity contribution < 1.29 is 9.53 Å². The number of nitrogen functional groups attached to an aromatic ring is 1. The van der Waals surface area contributed by atoms with Crippen molar-refractivity contribution in [2.45, 2.75) is 13.5 Å². The molecule has 0 fully saturated rings. The van der Waals surface area contributed by atoms with E-state index in [9.17, 15) is 4.79 Å². The number of amides is 1. The molecule has 0 bridgehead atoms. The predicted molar refractivity (Wildman–Crippen MR) is 81.3 cm³/mol. The number of nitrogens with two attached hydrogens (primary N) is 1. The fourth-order valence-corrected chi connectivity index (χ4v) is 2.17. The Hall–Kier alpha value is -2.76. The van der Waals surface area contributed by atoms with Crippen LogP contribution >= 0.6 is 0 Å². The van der Waals surface area contributed by atoms with E-state index >= 15 is 0 Å². The number of nitrogens with one attached hydrogen (secondary N) is 2. The highest BCUT2D eigenvalue weighted by Crippen LogP contribution is 2.35. The SMILES string of the molecule is Cc1ccncc1CNc1cc2c(cc1N)OCC(=O)N2. The lowest BCUT2D eigenvalue weighted by Crippen LogP contribution is -2.25. The first kappa shape index (κ1) is 13.2. The van der Waals surface area contributed by atoms with Crippen molar-refractivity contribution in [2.24, 2.45) is 0 Å². The van der Waals surface area contributed by atoms with Crippen LogP contribution in [0.1, 0.15) is 11.1 Å². The summed E-state index contributed by atoms with van der Waals surface area (Å²) >= 11 is 0. The first-order chi connectivity index (χ1) is 10.1. The van der Waals surface area contributed by atoms with Crippen LogP contribution in [0.4, 0.5) is 17.1 Å². The molecular weight excluding hydrogens is 268 g/mol. The number of hydrogen-bond donors (Lipinski definition) is 3. The maximum Gasteiger partial charge on any atom is 0.262 e. The Morgan fingerprint density at radius 3 is 3.14 bits per heavy atom. The number of benzene rings is 1. The normalized spacial score (nSPS) is 13.1. The van der Waals surface area contributed by atoms with Gasteiger partial charge in [-0.25, -0.2) is 0 Å². The zero-order valence-corrected chi connectivity index (χ0v) is 11.6. The number of pyridine rings is 1. The molecule has 1 amide bonds. The van der Waals surface area contributed by atoms with Crippen LogP contribution in [0.2, 0.25) is 0 Å². The third-order valence-electron chi connectivity index (χ3n) is 3.40. The van der Waals surface area contributed by atoms with Crippen LogP contribution in [0.5, 0.6) is 5.75 Å². The molecule has 0 radical (unpaired) electrons. The Morgan fingerprint density at radius 1 is 1.48 bits per heavy atom. The molecule has 108 valence electrons. The standard InChI is InChI=1S/C15H16N4O2/c1-9-2-3-17-6-10(9)7-18-12-5-13-14(4-11(12)16)21-8-15(20)19-13/h2-6,18H,7-8,16H2,1H3,(H,19,20). The number of anilines is 3. The van der Waals surface area contributed by atoms with Gasteiger partial charge < -0.3 is 21.1 Å². The molecule has 2 aromatic rings. The van der Waals surface area contributed by atoms with Crippen LogP contribution in [0.3, 0.4) is 0 Å². The number of carbonyl (C=O) groups excluding carboxylic acids is 1. The average Bonchev–Trinajstić information content (AvgIpc) is 2.47. The number of carbonyl (C=O) groups is 1. The molecule has 0 saturated heterocycles. The molecule has 1 aromatic carbocycles. The van der Waals surface area contributed by atoms with Gasteiger partial charge in [0, 0.05) is 25.0 Å². The summed E-state index contributed by atoms with van der Waals surface area (Å²) < 4.78 is 5.32. The van der Waals surface area contributed by atoms with Gasteiger partial charge in [-0.2, -0.15) is 0 Å². The highest BCUT2D eigenvalue weighted by molar-refractivity contribution is 5.97. The summed E-state index contributed by atoms with van der Waals surface area (Å²) in [4.78, 5) is 15.5. The highest BCUT2D eigenvalue weighted by Gasteiger charge is 2.17. The summed E-state index contributed by atoms with van der Waals surface area (Å²) in [5, 5.41) is 6.03. The van der Waals surface area contributed by atoms with E-state index in [-0.39, 0.29) is 12.5 Å². The first-order valence-corrected chi connectivity index (χ1v) is 6.63. The predicted octanol–water partition coefficient (Wildman–Crippen LogP) is 1.92. The molecular formula is C15H16N4O2. The van der Waals surface area contributed by atoms with Gasteiger partial charge >= 0.3 is 0 Å². The van der Waals surface area contributed by atoms with Gasteiger partial charge in [-0.05, 0) is 30.2 Å². The van der Waals surface area contributed by atoms with E-state index in [1.165, 1.54) is 0 Å². The van der Waals surface area contributed by atoms with Crippen LogP contribution in [0.25, 0.3) is 0 Å². The monoisotopic (exact) mass is 284 g/mol. The van der Waals surface area contributed by atoms with Crippen molar-refractivity contribution >= 4 is 23.0 Å². The van der Waals surface area contributed by atoms with Crippen molar-refractivity contribution in [3.8, 4) is 5.75 Å². The number of aryl methyl sites for hydroxylation is 1. The molecule has 0 saturated carbocycles. The van der Waals surface area contributed by atoms with Crippen LogP contribution in [-0.4, -0.2) is 17.5 Å². The second kappa shape index (κ2) is 5.32. The van der Waals surface area contributed by atoms with Crippen molar-refractivity contribution in [3.05, 3.63) is 41.7 Å². The number of ether oxygens (including phenoxy) is 1. The number of aromatic nitrogens is 1. The number of fused-ring (bicyclic) bond motifs is 1. The molecule has 0 unspecified atom stereocenters. The van der Waals surface area contributed by atoms with Gasteiger partial charge in [-0.15, -0.1) is 0 Å². The fraction of sp³-hybridized carbons (Fsp3) is 0.200. The van der Waals surface area contributed by atoms with Crippen molar-refractivity contribution in [1.29, 1.82) is 0 Å². The van der Waals surface area contributed by atoms with Gasteiger partial charge in [0.05, 0.1) is 17.1 Å². The minimum absolute atomic E-state index is 0.0219. The molecule has 1 aliphatic heterocycles. The molecule has 4 N–H and O–H groups in total. The molecule has 1 aliphatic rings. The van der Waals surface area contributed by atoms with Crippen LogP contribution in [0.15, 0.2) is 30.6 Å². The van der Waals surface area contributed by atoms with E-state index < -0.39 is 0 Å². The lowest BCUT2D eigenvalue weighted by Gasteiger charge is -2.20. The van der Waals surface area contributed by atoms with E-state index in [0.717, 1.165) is 16.8 Å². The van der Waals surface area contributed by atoms with E-state index in [1.54, 1.807) is 18.3 Å². The van der Waals surface area contributed by atoms with Gasteiger partial charge in [-0.3, -0.25) is 9.78 Å². The topological polar surface area (TPSA) is 89.3 Å². The van der Waals surface area contributed by atoms with Crippen molar-refractivity contribution in [2.75, 3.05) is 23.0 Å². The molecule has 6 nitrogen and oxygen atoms in total. The summed E-state index contributed by atoms with van der Waals surface area (Å²) in [5.41, 5.74) is 10.2. The van der Waals surface area contributed by atoms with E-state index in [2.05, 4.69) is 15.6 Å². The van der Waals surface area contributed by atoms with Gasteiger partial charge in [0.2, 0.25) is 0 Å². The van der Waals surface area contributed by atoms with E-state index in [4.69, 9.17) is 10.5 Å². The fourth-order valence-electron chi connectivity index (χ4n) is 2.17. The van der Waals surface area contributed by atoms with E-state index in [0.29, 0.717) is 23.7 Å². The van der Waals surface area contributed by atoms with Crippen molar-refractivity contribution in [1.82, 2.24) is 4.98 Å². The number of nitrogens with zero attached hydrogens (tertiary/aromatic N) is 1. The Balaban J connectivity index is 1.81. The minimum atomic E-state index is -0.165. The Kier molecular flexibility index (Phi) is 3.35. The lowest BCUT2D eigenvalue weighted by atomic mass is 10.1. The molecule has 0 aliphatic carbocycles. The largest absolute Gasteiger partial charge is 0.482 e. The summed E-state index contributed by atoms with van der Waals surface area (Å²) in [6.45, 7) is 2.66. The third-order valence-corrected chi connectivity index (χ3v) is 3.40. The van der Waals surface area contributed by atoms with Crippen LogP contribution in [-0.2, 0) is 11.3 Å². The minimum Gasteiger partial charge on any atom is -0.482 e. The second-order valence-corrected chi connectivity index (χ2v) is 4.93. The Labute approximate surface area is 122 Å². The summed E-state index contributed by atoms with van der Waals surface area (Å²) in [7, 11) is 0. The maximum absolute atomic E-state index is 11.3. The maximum atomic E-state index is 11.3. The van der Waals surface area contributed by atoms with Gasteiger partial charge in [0.25, 0.3) is 5.91 Å². The third kappa shape index (κ3) is 2.74.